The molecule has 1 aromatic carbocycles. The average Bonchev–Trinajstić information content (AvgIpc) is 2.52. The van der Waals surface area contributed by atoms with Crippen LogP contribution < -0.4 is 5.73 Å². The van der Waals surface area contributed by atoms with E-state index in [0.717, 1.165) is 22.8 Å². The Morgan fingerprint density at radius 2 is 2.00 bits per heavy atom. The zero-order chi connectivity index (χ0) is 15.1. The first kappa shape index (κ1) is 15.4. The molecule has 2 rings (SSSR count). The van der Waals surface area contributed by atoms with E-state index < -0.39 is 0 Å². The third kappa shape index (κ3) is 4.79. The average molecular weight is 302 g/mol. The summed E-state index contributed by atoms with van der Waals surface area (Å²) in [5, 5.41) is 0.927. The van der Waals surface area contributed by atoms with Crippen LogP contribution in [0.2, 0.25) is 0 Å². The molecular weight excluding hydrogens is 284 g/mol. The molecular formula is C16H18N2O2S. The van der Waals surface area contributed by atoms with E-state index in [0.29, 0.717) is 17.9 Å². The van der Waals surface area contributed by atoms with Gasteiger partial charge in [-0.05, 0) is 36.2 Å². The molecule has 21 heavy (non-hydrogen) atoms. The maximum absolute atomic E-state index is 11.7. The molecule has 2 aromatic rings. The Morgan fingerprint density at radius 3 is 2.62 bits per heavy atom. The summed E-state index contributed by atoms with van der Waals surface area (Å²) in [7, 11) is 0. The molecule has 110 valence electrons. The van der Waals surface area contributed by atoms with Crippen LogP contribution in [0.5, 0.6) is 0 Å². The number of thioether (sulfide) groups is 1. The molecule has 0 amide bonds. The first-order valence-corrected chi connectivity index (χ1v) is 7.78. The van der Waals surface area contributed by atoms with E-state index in [9.17, 15) is 4.79 Å². The molecule has 0 aliphatic rings. The van der Waals surface area contributed by atoms with Crippen LogP contribution in [0.3, 0.4) is 0 Å². The van der Waals surface area contributed by atoms with Gasteiger partial charge in [-0.25, -0.2) is 9.78 Å². The number of nitrogens with two attached hydrogens (primary N) is 1. The monoisotopic (exact) mass is 302 g/mol. The zero-order valence-corrected chi connectivity index (χ0v) is 12.7. The van der Waals surface area contributed by atoms with Gasteiger partial charge in [0.1, 0.15) is 0 Å². The number of hydrogen-bond donors (Lipinski definition) is 1. The highest BCUT2D eigenvalue weighted by molar-refractivity contribution is 7.98. The molecule has 0 bridgehead atoms. The second-order valence-corrected chi connectivity index (χ2v) is 5.55. The topological polar surface area (TPSA) is 65.2 Å². The van der Waals surface area contributed by atoms with Crippen LogP contribution in [0, 0.1) is 0 Å². The lowest BCUT2D eigenvalue weighted by Crippen LogP contribution is -2.05. The number of esters is 1. The predicted molar refractivity (Wildman–Crippen MR) is 85.2 cm³/mol. The van der Waals surface area contributed by atoms with Crippen LogP contribution in [0.25, 0.3) is 0 Å². The third-order valence-electron chi connectivity index (χ3n) is 2.77. The Morgan fingerprint density at radius 1 is 1.24 bits per heavy atom. The van der Waals surface area contributed by atoms with E-state index >= 15 is 0 Å². The van der Waals surface area contributed by atoms with E-state index in [1.807, 2.05) is 31.2 Å². The van der Waals surface area contributed by atoms with Crippen molar-refractivity contribution in [1.82, 2.24) is 4.98 Å². The molecule has 0 spiro atoms. The van der Waals surface area contributed by atoms with Crippen molar-refractivity contribution in [3.8, 4) is 0 Å². The minimum atomic E-state index is -0.267. The van der Waals surface area contributed by atoms with Gasteiger partial charge in [0.2, 0.25) is 0 Å². The molecule has 0 saturated carbocycles. The second-order valence-electron chi connectivity index (χ2n) is 4.55. The first-order chi connectivity index (χ1) is 10.2. The van der Waals surface area contributed by atoms with Crippen LogP contribution in [-0.4, -0.2) is 17.6 Å². The van der Waals surface area contributed by atoms with Gasteiger partial charge in [0.25, 0.3) is 0 Å². The van der Waals surface area contributed by atoms with Crippen LogP contribution in [-0.2, 0) is 10.5 Å². The predicted octanol–water partition coefficient (Wildman–Crippen LogP) is 3.52. The van der Waals surface area contributed by atoms with Crippen molar-refractivity contribution >= 4 is 23.4 Å². The van der Waals surface area contributed by atoms with Gasteiger partial charge in [0.05, 0.1) is 29.1 Å². The normalized spacial score (nSPS) is 10.3. The summed E-state index contributed by atoms with van der Waals surface area (Å²) in [4.78, 5) is 15.9. The van der Waals surface area contributed by atoms with Gasteiger partial charge in [-0.1, -0.05) is 19.1 Å². The van der Waals surface area contributed by atoms with Crippen molar-refractivity contribution in [1.29, 1.82) is 0 Å². The fraction of sp³-hybridized carbons (Fsp3) is 0.250. The summed E-state index contributed by atoms with van der Waals surface area (Å²) in [6.07, 6.45) is 2.48. The number of nitrogen functional groups attached to an aromatic ring is 1. The van der Waals surface area contributed by atoms with Crippen molar-refractivity contribution in [3.63, 3.8) is 0 Å². The summed E-state index contributed by atoms with van der Waals surface area (Å²) >= 11 is 1.63. The maximum Gasteiger partial charge on any atom is 0.338 e. The lowest BCUT2D eigenvalue weighted by atomic mass is 10.1. The highest BCUT2D eigenvalue weighted by Gasteiger charge is 2.06. The first-order valence-electron chi connectivity index (χ1n) is 6.79. The van der Waals surface area contributed by atoms with E-state index in [4.69, 9.17) is 10.5 Å². The van der Waals surface area contributed by atoms with Gasteiger partial charge in [0, 0.05) is 5.75 Å². The zero-order valence-electron chi connectivity index (χ0n) is 11.9. The summed E-state index contributed by atoms with van der Waals surface area (Å²) in [6, 6.07) is 11.2. The Balaban J connectivity index is 1.90. The molecule has 0 radical (unpaired) electrons. The number of carbonyl (C=O) groups excluding carboxylic acids is 1. The molecule has 4 nitrogen and oxygen atoms in total. The fourth-order valence-corrected chi connectivity index (χ4v) is 2.45. The van der Waals surface area contributed by atoms with E-state index in [1.54, 1.807) is 30.1 Å². The van der Waals surface area contributed by atoms with Crippen molar-refractivity contribution in [2.24, 2.45) is 0 Å². The van der Waals surface area contributed by atoms with Gasteiger partial charge in [-0.2, -0.15) is 0 Å². The smallest absolute Gasteiger partial charge is 0.338 e. The number of carbonyl (C=O) groups is 1. The molecule has 2 N–H and O–H groups in total. The summed E-state index contributed by atoms with van der Waals surface area (Å²) in [5.74, 6) is 0.526. The molecule has 1 heterocycles. The summed E-state index contributed by atoms with van der Waals surface area (Å²) in [6.45, 7) is 2.43. The molecule has 1 aromatic heterocycles. The molecule has 0 unspecified atom stereocenters. The fourth-order valence-electron chi connectivity index (χ4n) is 1.65. The van der Waals surface area contributed by atoms with Gasteiger partial charge < -0.3 is 10.5 Å². The number of benzene rings is 1. The van der Waals surface area contributed by atoms with Gasteiger partial charge in [-0.3, -0.25) is 0 Å². The number of nitrogens with zero attached hydrogens (tertiary/aromatic N) is 1. The van der Waals surface area contributed by atoms with Crippen LogP contribution in [0.1, 0.15) is 29.3 Å². The lowest BCUT2D eigenvalue weighted by Gasteiger charge is -2.05. The highest BCUT2D eigenvalue weighted by Crippen LogP contribution is 2.21. The molecule has 0 saturated heterocycles. The van der Waals surface area contributed by atoms with Crippen molar-refractivity contribution in [2.45, 2.75) is 24.1 Å². The number of anilines is 1. The van der Waals surface area contributed by atoms with Crippen molar-refractivity contribution in [3.05, 3.63) is 53.7 Å². The van der Waals surface area contributed by atoms with Crippen molar-refractivity contribution < 1.29 is 9.53 Å². The van der Waals surface area contributed by atoms with Crippen molar-refractivity contribution in [2.75, 3.05) is 12.3 Å². The highest BCUT2D eigenvalue weighted by atomic mass is 32.2. The standard InChI is InChI=1S/C16H18N2O2S/c1-2-9-20-16(19)13-5-3-12(4-6-13)11-21-15-8-7-14(17)10-18-15/h3-8,10H,2,9,11,17H2,1H3. The van der Waals surface area contributed by atoms with Crippen LogP contribution in [0.4, 0.5) is 5.69 Å². The minimum absolute atomic E-state index is 0.267. The SMILES string of the molecule is CCCOC(=O)c1ccc(CSc2ccc(N)cn2)cc1. The van der Waals surface area contributed by atoms with Crippen LogP contribution in [0.15, 0.2) is 47.6 Å². The Kier molecular flexibility index (Phi) is 5.63. The number of rotatable bonds is 6. The second kappa shape index (κ2) is 7.69. The number of pyridine rings is 1. The van der Waals surface area contributed by atoms with Gasteiger partial charge in [0.15, 0.2) is 0 Å². The van der Waals surface area contributed by atoms with Crippen LogP contribution >= 0.6 is 11.8 Å². The quantitative estimate of drug-likeness (QED) is 0.653. The van der Waals surface area contributed by atoms with Gasteiger partial charge >= 0.3 is 5.97 Å². The molecule has 0 fully saturated rings. The molecule has 0 aliphatic carbocycles. The number of hydrogen-bond acceptors (Lipinski definition) is 5. The maximum atomic E-state index is 11.7. The number of ether oxygens (including phenoxy) is 1. The summed E-state index contributed by atoms with van der Waals surface area (Å²) < 4.78 is 5.09. The molecule has 0 atom stereocenters. The summed E-state index contributed by atoms with van der Waals surface area (Å²) in [5.41, 5.74) is 7.98. The Hall–Kier alpha value is -2.01. The van der Waals surface area contributed by atoms with E-state index in [-0.39, 0.29) is 5.97 Å². The minimum Gasteiger partial charge on any atom is -0.462 e. The van der Waals surface area contributed by atoms with E-state index in [2.05, 4.69) is 4.98 Å². The largest absolute Gasteiger partial charge is 0.462 e. The van der Waals surface area contributed by atoms with Gasteiger partial charge in [-0.15, -0.1) is 11.8 Å². The molecule has 5 heteroatoms. The lowest BCUT2D eigenvalue weighted by molar-refractivity contribution is 0.0505. The Labute approximate surface area is 128 Å². The third-order valence-corrected chi connectivity index (χ3v) is 3.79. The molecule has 0 aliphatic heterocycles. The Bertz CT molecular complexity index is 582. The number of aromatic nitrogens is 1. The van der Waals surface area contributed by atoms with E-state index in [1.165, 1.54) is 0 Å².